The quantitative estimate of drug-likeness (QED) is 0.675. The summed E-state index contributed by atoms with van der Waals surface area (Å²) in [6.07, 6.45) is 6.93. The number of hydrogen-bond acceptors (Lipinski definition) is 3. The van der Waals surface area contributed by atoms with Crippen LogP contribution in [0.15, 0.2) is 23.8 Å². The number of rotatable bonds is 2. The standard InChI is InChI=1S/C11H15NO2.H2/c1-7(12)11-4-3-8(10(13)14-2)5-9(11)6-11;/h3-5,7,9H,6,12H2,1-2H3;1H/t7-,9?,11?;/m0./s1. The molecular formula is C11H17NO2. The fourth-order valence-corrected chi connectivity index (χ4v) is 2.17. The van der Waals surface area contributed by atoms with Crippen molar-refractivity contribution in [2.75, 3.05) is 7.11 Å². The first-order chi connectivity index (χ1) is 6.60. The summed E-state index contributed by atoms with van der Waals surface area (Å²) in [7, 11) is 1.40. The first-order valence-corrected chi connectivity index (χ1v) is 4.85. The molecule has 3 heteroatoms. The molecule has 3 atom stereocenters. The van der Waals surface area contributed by atoms with Crippen LogP contribution in [0, 0.1) is 11.3 Å². The van der Waals surface area contributed by atoms with Gasteiger partial charge in [-0.2, -0.15) is 0 Å². The van der Waals surface area contributed by atoms with E-state index in [-0.39, 0.29) is 18.9 Å². The largest absolute Gasteiger partial charge is 0.465 e. The van der Waals surface area contributed by atoms with E-state index in [1.54, 1.807) is 0 Å². The van der Waals surface area contributed by atoms with Crippen LogP contribution in [0.25, 0.3) is 0 Å². The lowest BCUT2D eigenvalue weighted by Crippen LogP contribution is -2.29. The summed E-state index contributed by atoms with van der Waals surface area (Å²) in [5.41, 5.74) is 6.68. The summed E-state index contributed by atoms with van der Waals surface area (Å²) in [4.78, 5) is 11.2. The Morgan fingerprint density at radius 3 is 3.07 bits per heavy atom. The number of fused-ring (bicyclic) bond motifs is 1. The Labute approximate surface area is 85.1 Å². The average molecular weight is 195 g/mol. The van der Waals surface area contributed by atoms with Crippen molar-refractivity contribution in [3.05, 3.63) is 23.8 Å². The third-order valence-electron chi connectivity index (χ3n) is 3.33. The number of hydrogen-bond donors (Lipinski definition) is 1. The number of nitrogens with two attached hydrogens (primary N) is 1. The molecule has 2 aliphatic carbocycles. The van der Waals surface area contributed by atoms with Gasteiger partial charge in [-0.15, -0.1) is 0 Å². The zero-order valence-electron chi connectivity index (χ0n) is 8.49. The van der Waals surface area contributed by atoms with E-state index in [0.29, 0.717) is 11.5 Å². The number of allylic oxidation sites excluding steroid dienone is 1. The van der Waals surface area contributed by atoms with E-state index in [1.807, 2.05) is 19.1 Å². The lowest BCUT2D eigenvalue weighted by Gasteiger charge is -2.19. The van der Waals surface area contributed by atoms with Crippen LogP contribution in [0.4, 0.5) is 0 Å². The second kappa shape index (κ2) is 2.95. The highest BCUT2D eigenvalue weighted by Gasteiger charge is 2.54. The van der Waals surface area contributed by atoms with Crippen LogP contribution in [0.5, 0.6) is 0 Å². The molecule has 0 aromatic carbocycles. The predicted octanol–water partition coefficient (Wildman–Crippen LogP) is 1.26. The minimum atomic E-state index is -0.258. The zero-order chi connectivity index (χ0) is 10.3. The van der Waals surface area contributed by atoms with Gasteiger partial charge < -0.3 is 10.5 Å². The molecule has 1 fully saturated rings. The van der Waals surface area contributed by atoms with Crippen LogP contribution >= 0.6 is 0 Å². The molecule has 14 heavy (non-hydrogen) atoms. The molecule has 2 aliphatic rings. The number of esters is 1. The number of carbonyl (C=O) groups is 1. The monoisotopic (exact) mass is 195 g/mol. The van der Waals surface area contributed by atoms with Gasteiger partial charge in [0.2, 0.25) is 0 Å². The van der Waals surface area contributed by atoms with Crippen molar-refractivity contribution < 1.29 is 11.0 Å². The lowest BCUT2D eigenvalue weighted by molar-refractivity contribution is -0.135. The molecule has 0 aromatic rings. The van der Waals surface area contributed by atoms with Crippen molar-refractivity contribution in [3.63, 3.8) is 0 Å². The van der Waals surface area contributed by atoms with Crippen molar-refractivity contribution in [1.29, 1.82) is 0 Å². The van der Waals surface area contributed by atoms with E-state index in [2.05, 4.69) is 10.8 Å². The first-order valence-electron chi connectivity index (χ1n) is 4.85. The molecule has 0 spiro atoms. The summed E-state index contributed by atoms with van der Waals surface area (Å²) in [5, 5.41) is 0. The Morgan fingerprint density at radius 2 is 2.57 bits per heavy atom. The molecule has 78 valence electrons. The number of carbonyl (C=O) groups excluding carboxylic acids is 1. The topological polar surface area (TPSA) is 52.3 Å². The summed E-state index contributed by atoms with van der Waals surface area (Å²) in [6.45, 7) is 2.02. The minimum Gasteiger partial charge on any atom is -0.465 e. The van der Waals surface area contributed by atoms with E-state index in [4.69, 9.17) is 5.73 Å². The van der Waals surface area contributed by atoms with Crippen LogP contribution in [-0.4, -0.2) is 19.1 Å². The van der Waals surface area contributed by atoms with Crippen LogP contribution in [-0.2, 0) is 9.53 Å². The van der Waals surface area contributed by atoms with Crippen molar-refractivity contribution in [2.24, 2.45) is 17.1 Å². The molecule has 2 rings (SSSR count). The van der Waals surface area contributed by atoms with Gasteiger partial charge in [0, 0.05) is 12.9 Å². The zero-order valence-corrected chi connectivity index (χ0v) is 8.49. The van der Waals surface area contributed by atoms with Gasteiger partial charge in [0.1, 0.15) is 0 Å². The van der Waals surface area contributed by atoms with E-state index < -0.39 is 0 Å². The SMILES string of the molecule is COC(=O)C1=CC2CC2([C@H](C)N)C=C1.[HH]. The van der Waals surface area contributed by atoms with Gasteiger partial charge in [0.05, 0.1) is 12.7 Å². The van der Waals surface area contributed by atoms with Crippen LogP contribution in [0.3, 0.4) is 0 Å². The highest BCUT2D eigenvalue weighted by atomic mass is 16.5. The molecule has 0 aromatic heterocycles. The van der Waals surface area contributed by atoms with Gasteiger partial charge in [-0.1, -0.05) is 18.2 Å². The molecule has 0 saturated heterocycles. The average Bonchev–Trinajstić information content (AvgIpc) is 2.90. The second-order valence-electron chi connectivity index (χ2n) is 4.16. The summed E-state index contributed by atoms with van der Waals surface area (Å²) in [5.74, 6) is 0.174. The molecule has 2 N–H and O–H groups in total. The molecule has 0 amide bonds. The van der Waals surface area contributed by atoms with Crippen molar-refractivity contribution in [1.82, 2.24) is 0 Å². The van der Waals surface area contributed by atoms with Crippen molar-refractivity contribution >= 4 is 5.97 Å². The first kappa shape index (κ1) is 9.46. The van der Waals surface area contributed by atoms with Gasteiger partial charge in [0.25, 0.3) is 0 Å². The molecule has 0 aliphatic heterocycles. The van der Waals surface area contributed by atoms with Gasteiger partial charge in [-0.3, -0.25) is 0 Å². The summed E-state index contributed by atoms with van der Waals surface area (Å²) in [6, 6.07) is 0.152. The Bertz CT molecular complexity index is 335. The van der Waals surface area contributed by atoms with Crippen molar-refractivity contribution in [3.8, 4) is 0 Å². The Hall–Kier alpha value is -1.09. The Morgan fingerprint density at radius 1 is 1.86 bits per heavy atom. The third kappa shape index (κ3) is 1.20. The van der Waals surface area contributed by atoms with Gasteiger partial charge in [-0.05, 0) is 19.3 Å². The van der Waals surface area contributed by atoms with Gasteiger partial charge >= 0.3 is 5.97 Å². The number of ether oxygens (including phenoxy) is 1. The molecular weight excluding hydrogens is 178 g/mol. The van der Waals surface area contributed by atoms with Crippen LogP contribution in [0.1, 0.15) is 14.8 Å². The summed E-state index contributed by atoms with van der Waals surface area (Å²) < 4.78 is 4.66. The van der Waals surface area contributed by atoms with Crippen molar-refractivity contribution in [2.45, 2.75) is 19.4 Å². The smallest absolute Gasteiger partial charge is 0.337 e. The maximum absolute atomic E-state index is 11.2. The predicted molar refractivity (Wildman–Crippen MR) is 55.5 cm³/mol. The fraction of sp³-hybridized carbons (Fsp3) is 0.545. The Kier molecular flexibility index (Phi) is 2.00. The molecule has 3 nitrogen and oxygen atoms in total. The second-order valence-corrected chi connectivity index (χ2v) is 4.16. The molecule has 1 saturated carbocycles. The molecule has 0 bridgehead atoms. The fourth-order valence-electron chi connectivity index (χ4n) is 2.17. The van der Waals surface area contributed by atoms with E-state index in [0.717, 1.165) is 6.42 Å². The Balaban J connectivity index is 0.00000112. The molecule has 0 radical (unpaired) electrons. The maximum atomic E-state index is 11.2. The normalized spacial score (nSPS) is 35.6. The van der Waals surface area contributed by atoms with Crippen LogP contribution < -0.4 is 5.73 Å². The highest BCUT2D eigenvalue weighted by molar-refractivity contribution is 5.92. The maximum Gasteiger partial charge on any atom is 0.337 e. The minimum absolute atomic E-state index is 0. The third-order valence-corrected chi connectivity index (χ3v) is 3.33. The lowest BCUT2D eigenvalue weighted by atomic mass is 9.90. The van der Waals surface area contributed by atoms with Crippen LogP contribution in [0.2, 0.25) is 0 Å². The summed E-state index contributed by atoms with van der Waals surface area (Å²) >= 11 is 0. The molecule has 0 heterocycles. The number of methoxy groups -OCH3 is 1. The highest BCUT2D eigenvalue weighted by Crippen LogP contribution is 2.58. The van der Waals surface area contributed by atoms with Gasteiger partial charge in [-0.25, -0.2) is 4.79 Å². The van der Waals surface area contributed by atoms with E-state index >= 15 is 0 Å². The molecule has 2 unspecified atom stereocenters. The van der Waals surface area contributed by atoms with Gasteiger partial charge in [0.15, 0.2) is 0 Å². The van der Waals surface area contributed by atoms with E-state index in [9.17, 15) is 4.79 Å². The van der Waals surface area contributed by atoms with E-state index in [1.165, 1.54) is 7.11 Å².